The topological polar surface area (TPSA) is 66.5 Å². The van der Waals surface area contributed by atoms with Crippen LogP contribution < -0.4 is 9.62 Å². The number of sulfonamides is 1. The van der Waals surface area contributed by atoms with Gasteiger partial charge in [0, 0.05) is 0 Å². The van der Waals surface area contributed by atoms with Gasteiger partial charge in [-0.1, -0.05) is 44.2 Å². The number of carbonyl (C=O) groups is 1. The van der Waals surface area contributed by atoms with Gasteiger partial charge in [0.15, 0.2) is 0 Å². The second-order valence-electron chi connectivity index (χ2n) is 8.46. The molecule has 0 spiro atoms. The van der Waals surface area contributed by atoms with Gasteiger partial charge >= 0.3 is 0 Å². The first-order valence-electron chi connectivity index (χ1n) is 11.2. The van der Waals surface area contributed by atoms with Crippen LogP contribution in [0.25, 0.3) is 0 Å². The molecule has 31 heavy (non-hydrogen) atoms. The average molecular weight is 443 g/mol. The number of hydrogen-bond acceptors (Lipinski definition) is 3. The van der Waals surface area contributed by atoms with Crippen LogP contribution in [0.2, 0.25) is 0 Å². The van der Waals surface area contributed by atoms with Crippen LogP contribution in [-0.2, 0) is 34.1 Å². The normalized spacial score (nSPS) is 15.6. The number of rotatable bonds is 8. The molecule has 0 saturated heterocycles. The van der Waals surface area contributed by atoms with Gasteiger partial charge in [-0.15, -0.1) is 0 Å². The highest BCUT2D eigenvalue weighted by atomic mass is 32.2. The number of aryl methyl sites for hydroxylation is 3. The van der Waals surface area contributed by atoms with Crippen LogP contribution in [0.4, 0.5) is 5.69 Å². The van der Waals surface area contributed by atoms with E-state index in [1.165, 1.54) is 28.3 Å². The molecule has 2 aromatic rings. The Bertz CT molecular complexity index is 1020. The number of hydrogen-bond donors (Lipinski definition) is 1. The highest BCUT2D eigenvalue weighted by Gasteiger charge is 2.30. The van der Waals surface area contributed by atoms with E-state index in [1.54, 1.807) is 19.1 Å². The summed E-state index contributed by atoms with van der Waals surface area (Å²) in [6.07, 6.45) is 7.39. The number of nitrogens with one attached hydrogen (secondary N) is 1. The fraction of sp³-hybridized carbons (Fsp3) is 0.480. The summed E-state index contributed by atoms with van der Waals surface area (Å²) >= 11 is 0. The average Bonchev–Trinajstić information content (AvgIpc) is 2.76. The molecule has 6 heteroatoms. The number of amides is 1. The number of nitrogens with zero attached hydrogens (tertiary/aromatic N) is 1. The number of benzene rings is 2. The summed E-state index contributed by atoms with van der Waals surface area (Å²) in [4.78, 5) is 13.1. The largest absolute Gasteiger partial charge is 0.347 e. The van der Waals surface area contributed by atoms with Crippen LogP contribution in [0, 0.1) is 0 Å². The maximum Gasteiger partial charge on any atom is 0.244 e. The summed E-state index contributed by atoms with van der Waals surface area (Å²) in [7, 11) is -3.63. The minimum atomic E-state index is -3.63. The standard InChI is InChI=1S/C25H34N2O3S/c1-5-19-11-15-23(16-12-19)27(31(4,29)30)18(3)25(28)26-24(6-2)22-14-13-20-9-7-8-10-21(20)17-22/h11-18,24H,5-10H2,1-4H3,(H,26,28)/t18-,24-/m1/s1. The second-order valence-corrected chi connectivity index (χ2v) is 10.3. The number of carbonyl (C=O) groups excluding carboxylic acids is 1. The van der Waals surface area contributed by atoms with Crippen LogP contribution in [0.15, 0.2) is 42.5 Å². The van der Waals surface area contributed by atoms with E-state index in [1.807, 2.05) is 26.0 Å². The molecule has 0 fully saturated rings. The minimum Gasteiger partial charge on any atom is -0.347 e. The van der Waals surface area contributed by atoms with Crippen molar-refractivity contribution in [1.29, 1.82) is 0 Å². The van der Waals surface area contributed by atoms with E-state index in [0.29, 0.717) is 5.69 Å². The van der Waals surface area contributed by atoms with Gasteiger partial charge in [-0.2, -0.15) is 0 Å². The first-order valence-corrected chi connectivity index (χ1v) is 13.1. The van der Waals surface area contributed by atoms with Crippen LogP contribution in [0.1, 0.15) is 68.3 Å². The lowest BCUT2D eigenvalue weighted by Gasteiger charge is -2.30. The van der Waals surface area contributed by atoms with Gasteiger partial charge in [-0.3, -0.25) is 9.10 Å². The van der Waals surface area contributed by atoms with Gasteiger partial charge in [0.2, 0.25) is 15.9 Å². The molecule has 1 aliphatic rings. The summed E-state index contributed by atoms with van der Waals surface area (Å²) in [5.74, 6) is -0.297. The lowest BCUT2D eigenvalue weighted by atomic mass is 9.88. The molecule has 0 aliphatic heterocycles. The Hall–Kier alpha value is -2.34. The van der Waals surface area contributed by atoms with Crippen LogP contribution in [0.3, 0.4) is 0 Å². The molecule has 5 nitrogen and oxygen atoms in total. The predicted molar refractivity (Wildman–Crippen MR) is 127 cm³/mol. The molecule has 0 saturated carbocycles. The Morgan fingerprint density at radius 3 is 2.26 bits per heavy atom. The quantitative estimate of drug-likeness (QED) is 0.652. The molecular weight excluding hydrogens is 408 g/mol. The molecule has 1 N–H and O–H groups in total. The Morgan fingerprint density at radius 2 is 1.68 bits per heavy atom. The molecule has 0 heterocycles. The van der Waals surface area contributed by atoms with E-state index < -0.39 is 16.1 Å². The van der Waals surface area contributed by atoms with Crippen LogP contribution >= 0.6 is 0 Å². The maximum absolute atomic E-state index is 13.1. The van der Waals surface area contributed by atoms with Crippen molar-refractivity contribution in [2.24, 2.45) is 0 Å². The van der Waals surface area contributed by atoms with Gasteiger partial charge in [0.25, 0.3) is 0 Å². The zero-order valence-electron chi connectivity index (χ0n) is 19.0. The lowest BCUT2D eigenvalue weighted by Crippen LogP contribution is -2.48. The summed E-state index contributed by atoms with van der Waals surface area (Å²) in [6, 6.07) is 12.8. The van der Waals surface area contributed by atoms with Crippen LogP contribution in [0.5, 0.6) is 0 Å². The van der Waals surface area contributed by atoms with Gasteiger partial charge in [-0.25, -0.2) is 8.42 Å². The third kappa shape index (κ3) is 5.48. The zero-order valence-corrected chi connectivity index (χ0v) is 19.8. The van der Waals surface area contributed by atoms with Gasteiger partial charge in [0.1, 0.15) is 6.04 Å². The third-order valence-electron chi connectivity index (χ3n) is 6.19. The van der Waals surface area contributed by atoms with Gasteiger partial charge in [-0.05, 0) is 79.8 Å². The SMILES string of the molecule is CCc1ccc(N([C@H](C)C(=O)N[C@H](CC)c2ccc3c(c2)CCCC3)S(C)(=O)=O)cc1. The second kappa shape index (κ2) is 9.86. The first-order chi connectivity index (χ1) is 14.7. The lowest BCUT2D eigenvalue weighted by molar-refractivity contribution is -0.122. The van der Waals surface area contributed by atoms with Crippen molar-refractivity contribution in [2.75, 3.05) is 10.6 Å². The Kier molecular flexibility index (Phi) is 7.42. The number of fused-ring (bicyclic) bond motifs is 1. The van der Waals surface area contributed by atoms with Crippen molar-refractivity contribution in [2.45, 2.75) is 71.4 Å². The molecule has 0 aromatic heterocycles. The summed E-state index contributed by atoms with van der Waals surface area (Å²) in [6.45, 7) is 5.72. The molecule has 0 bridgehead atoms. The zero-order chi connectivity index (χ0) is 22.6. The molecule has 0 unspecified atom stereocenters. The summed E-state index contributed by atoms with van der Waals surface area (Å²) in [5, 5.41) is 3.09. The molecule has 3 rings (SSSR count). The van der Waals surface area contributed by atoms with E-state index in [2.05, 4.69) is 23.5 Å². The maximum atomic E-state index is 13.1. The fourth-order valence-corrected chi connectivity index (χ4v) is 5.55. The van der Waals surface area contributed by atoms with Crippen molar-refractivity contribution in [3.63, 3.8) is 0 Å². The van der Waals surface area contributed by atoms with Gasteiger partial charge < -0.3 is 5.32 Å². The molecule has 2 aromatic carbocycles. The monoisotopic (exact) mass is 442 g/mol. The molecule has 1 aliphatic carbocycles. The molecule has 168 valence electrons. The Labute approximate surface area is 186 Å². The van der Waals surface area contributed by atoms with Crippen molar-refractivity contribution >= 4 is 21.6 Å². The molecular formula is C25H34N2O3S. The van der Waals surface area contributed by atoms with Crippen molar-refractivity contribution in [3.05, 3.63) is 64.7 Å². The highest BCUT2D eigenvalue weighted by Crippen LogP contribution is 2.27. The summed E-state index contributed by atoms with van der Waals surface area (Å²) in [5.41, 5.74) is 5.49. The van der Waals surface area contributed by atoms with Crippen LogP contribution in [-0.4, -0.2) is 26.6 Å². The van der Waals surface area contributed by atoms with E-state index in [4.69, 9.17) is 0 Å². The smallest absolute Gasteiger partial charge is 0.244 e. The molecule has 1 amide bonds. The highest BCUT2D eigenvalue weighted by molar-refractivity contribution is 7.92. The molecule has 0 radical (unpaired) electrons. The minimum absolute atomic E-state index is 0.147. The van der Waals surface area contributed by atoms with E-state index in [-0.39, 0.29) is 11.9 Å². The fourth-order valence-electron chi connectivity index (χ4n) is 4.37. The number of anilines is 1. The Morgan fingerprint density at radius 1 is 1.03 bits per heavy atom. The predicted octanol–water partition coefficient (Wildman–Crippen LogP) is 4.55. The Balaban J connectivity index is 1.81. The van der Waals surface area contributed by atoms with Gasteiger partial charge in [0.05, 0.1) is 18.0 Å². The van der Waals surface area contributed by atoms with E-state index in [9.17, 15) is 13.2 Å². The first kappa shape index (κ1) is 23.3. The van der Waals surface area contributed by atoms with Crippen molar-refractivity contribution < 1.29 is 13.2 Å². The molecule has 2 atom stereocenters. The third-order valence-corrected chi connectivity index (χ3v) is 7.43. The van der Waals surface area contributed by atoms with E-state index in [0.717, 1.165) is 43.1 Å². The van der Waals surface area contributed by atoms with E-state index >= 15 is 0 Å². The summed E-state index contributed by atoms with van der Waals surface area (Å²) < 4.78 is 26.3. The van der Waals surface area contributed by atoms with Crippen molar-refractivity contribution in [3.8, 4) is 0 Å². The van der Waals surface area contributed by atoms with Crippen molar-refractivity contribution in [1.82, 2.24) is 5.32 Å².